The smallest absolute Gasteiger partial charge is 0.497 e. The zero-order valence-corrected chi connectivity index (χ0v) is 24.8. The Morgan fingerprint density at radius 2 is 1.69 bits per heavy atom. The zero-order valence-electron chi connectivity index (χ0n) is 24.1. The van der Waals surface area contributed by atoms with Crippen molar-refractivity contribution in [2.45, 2.75) is 25.7 Å². The van der Waals surface area contributed by atoms with Crippen LogP contribution in [0.3, 0.4) is 0 Å². The largest absolute Gasteiger partial charge is 0.573 e. The molecule has 0 fully saturated rings. The number of alkyl halides is 3. The second-order valence-corrected chi connectivity index (χ2v) is 10.6. The SMILES string of the molecule is COc1ccc2cc(-c3cc(-c4cc(Cl)ccc4OC(F)(F)F)nn3[C@H](C)c3ccc(C(=O)NCCC(=O)O)cc3)ccc2c1. The molecule has 2 N–H and O–H groups in total. The summed E-state index contributed by atoms with van der Waals surface area (Å²) in [6.07, 6.45) is -5.13. The molecule has 1 heterocycles. The molecule has 1 amide bonds. The Kier molecular flexibility index (Phi) is 9.01. The molecule has 45 heavy (non-hydrogen) atoms. The van der Waals surface area contributed by atoms with Gasteiger partial charge in [0.05, 0.1) is 31.0 Å². The molecule has 0 spiro atoms. The fourth-order valence-corrected chi connectivity index (χ4v) is 5.07. The normalized spacial score (nSPS) is 12.1. The summed E-state index contributed by atoms with van der Waals surface area (Å²) in [5.41, 5.74) is 2.75. The standard InChI is InChI=1S/C33H27ClF3N3O5/c1-19(20-3-5-21(6-4-20)32(43)38-14-13-31(41)42)40-29(24-8-7-23-16-26(44-2)11-9-22(23)15-24)18-28(39-40)27-17-25(34)10-12-30(27)45-33(35,36)37/h3-12,15-19H,13-14H2,1-2H3,(H,38,43)(H,41,42)/t19-/m1/s1. The molecule has 1 aromatic heterocycles. The average molecular weight is 638 g/mol. The Bertz CT molecular complexity index is 1870. The quantitative estimate of drug-likeness (QED) is 0.162. The number of halogens is 4. The maximum atomic E-state index is 13.3. The summed E-state index contributed by atoms with van der Waals surface area (Å²) in [5.74, 6) is -1.17. The van der Waals surface area contributed by atoms with E-state index >= 15 is 0 Å². The first-order valence-corrected chi connectivity index (χ1v) is 14.1. The molecule has 4 aromatic carbocycles. The van der Waals surface area contributed by atoms with Crippen LogP contribution >= 0.6 is 11.6 Å². The molecule has 8 nitrogen and oxygen atoms in total. The number of carbonyl (C=O) groups is 2. The summed E-state index contributed by atoms with van der Waals surface area (Å²) >= 11 is 6.19. The number of fused-ring (bicyclic) bond motifs is 1. The number of aromatic nitrogens is 2. The highest BCUT2D eigenvalue weighted by Gasteiger charge is 2.33. The van der Waals surface area contributed by atoms with Crippen LogP contribution in [0.15, 0.2) is 84.9 Å². The average Bonchev–Trinajstić information content (AvgIpc) is 3.45. The van der Waals surface area contributed by atoms with E-state index in [2.05, 4.69) is 10.1 Å². The molecule has 0 bridgehead atoms. The number of hydrogen-bond donors (Lipinski definition) is 2. The molecule has 0 unspecified atom stereocenters. The Balaban J connectivity index is 1.57. The van der Waals surface area contributed by atoms with Gasteiger partial charge in [0.2, 0.25) is 0 Å². The Labute approximate surface area is 261 Å². The molecule has 0 aliphatic rings. The maximum Gasteiger partial charge on any atom is 0.573 e. The van der Waals surface area contributed by atoms with Crippen molar-refractivity contribution >= 4 is 34.2 Å². The van der Waals surface area contributed by atoms with Crippen LogP contribution in [0.5, 0.6) is 11.5 Å². The van der Waals surface area contributed by atoms with E-state index in [1.807, 2.05) is 43.3 Å². The number of carbonyl (C=O) groups excluding carboxylic acids is 1. The van der Waals surface area contributed by atoms with E-state index < -0.39 is 30.0 Å². The van der Waals surface area contributed by atoms with Gasteiger partial charge >= 0.3 is 12.3 Å². The third-order valence-corrected chi connectivity index (χ3v) is 7.40. The molecule has 0 saturated carbocycles. The highest BCUT2D eigenvalue weighted by atomic mass is 35.5. The first-order valence-electron chi connectivity index (χ1n) is 13.7. The van der Waals surface area contributed by atoms with E-state index in [1.54, 1.807) is 42.1 Å². The highest BCUT2D eigenvalue weighted by molar-refractivity contribution is 6.31. The molecule has 0 radical (unpaired) electrons. The van der Waals surface area contributed by atoms with Crippen molar-refractivity contribution in [3.63, 3.8) is 0 Å². The van der Waals surface area contributed by atoms with Gasteiger partial charge in [0.25, 0.3) is 5.91 Å². The van der Waals surface area contributed by atoms with Crippen LogP contribution in [-0.2, 0) is 4.79 Å². The lowest BCUT2D eigenvalue weighted by Gasteiger charge is -2.17. The Hall–Kier alpha value is -5.03. The number of aliphatic carboxylic acids is 1. The Morgan fingerprint density at radius 3 is 2.38 bits per heavy atom. The van der Waals surface area contributed by atoms with E-state index in [1.165, 1.54) is 12.1 Å². The topological polar surface area (TPSA) is 103 Å². The van der Waals surface area contributed by atoms with Crippen LogP contribution in [0.2, 0.25) is 5.02 Å². The number of carboxylic acids is 1. The van der Waals surface area contributed by atoms with Crippen LogP contribution < -0.4 is 14.8 Å². The monoisotopic (exact) mass is 637 g/mol. The second-order valence-electron chi connectivity index (χ2n) is 10.2. The molecule has 0 saturated heterocycles. The predicted molar refractivity (Wildman–Crippen MR) is 164 cm³/mol. The maximum absolute atomic E-state index is 13.3. The summed E-state index contributed by atoms with van der Waals surface area (Å²) in [7, 11) is 1.59. The number of rotatable bonds is 10. The molecule has 0 aliphatic carbocycles. The second kappa shape index (κ2) is 12.9. The van der Waals surface area contributed by atoms with Gasteiger partial charge in [0.1, 0.15) is 11.5 Å². The fraction of sp³-hybridized carbons (Fsp3) is 0.182. The molecule has 1 atom stereocenters. The van der Waals surface area contributed by atoms with Crippen LogP contribution in [0.25, 0.3) is 33.3 Å². The van der Waals surface area contributed by atoms with Gasteiger partial charge in [-0.3, -0.25) is 14.3 Å². The van der Waals surface area contributed by atoms with Crippen molar-refractivity contribution in [2.24, 2.45) is 0 Å². The van der Waals surface area contributed by atoms with Gasteiger partial charge in [0, 0.05) is 28.3 Å². The molecular weight excluding hydrogens is 611 g/mol. The number of carboxylic acid groups (broad SMARTS) is 1. The minimum Gasteiger partial charge on any atom is -0.497 e. The number of hydrogen-bond acceptors (Lipinski definition) is 5. The number of nitrogens with one attached hydrogen (secondary N) is 1. The molecule has 12 heteroatoms. The zero-order chi connectivity index (χ0) is 32.3. The predicted octanol–water partition coefficient (Wildman–Crippen LogP) is 7.74. The summed E-state index contributed by atoms with van der Waals surface area (Å²) < 4.78 is 51.2. The number of nitrogens with zero attached hydrogens (tertiary/aromatic N) is 2. The molecular formula is C33H27ClF3N3O5. The van der Waals surface area contributed by atoms with Crippen molar-refractivity contribution in [1.29, 1.82) is 0 Å². The molecule has 0 aliphatic heterocycles. The summed E-state index contributed by atoms with van der Waals surface area (Å²) in [6, 6.07) is 23.2. The lowest BCUT2D eigenvalue weighted by Crippen LogP contribution is -2.26. The first kappa shape index (κ1) is 31.4. The number of ether oxygens (including phenoxy) is 2. The van der Waals surface area contributed by atoms with E-state index in [0.29, 0.717) is 17.0 Å². The van der Waals surface area contributed by atoms with Gasteiger partial charge in [0.15, 0.2) is 0 Å². The van der Waals surface area contributed by atoms with Gasteiger partial charge < -0.3 is 19.9 Å². The molecule has 232 valence electrons. The van der Waals surface area contributed by atoms with Gasteiger partial charge in [-0.2, -0.15) is 5.10 Å². The van der Waals surface area contributed by atoms with E-state index in [9.17, 15) is 22.8 Å². The van der Waals surface area contributed by atoms with Crippen LogP contribution in [0.1, 0.15) is 35.3 Å². The third kappa shape index (κ3) is 7.38. The van der Waals surface area contributed by atoms with Crippen molar-refractivity contribution in [3.8, 4) is 34.0 Å². The third-order valence-electron chi connectivity index (χ3n) is 7.17. The minimum atomic E-state index is -4.93. The van der Waals surface area contributed by atoms with Gasteiger partial charge in [-0.25, -0.2) is 0 Å². The number of methoxy groups -OCH3 is 1. The van der Waals surface area contributed by atoms with E-state index in [0.717, 1.165) is 28.0 Å². The van der Waals surface area contributed by atoms with Gasteiger partial charge in [-0.1, -0.05) is 41.9 Å². The fourth-order valence-electron chi connectivity index (χ4n) is 4.90. The Morgan fingerprint density at radius 1 is 0.978 bits per heavy atom. The first-order chi connectivity index (χ1) is 21.4. The summed E-state index contributed by atoms with van der Waals surface area (Å²) in [4.78, 5) is 23.2. The summed E-state index contributed by atoms with van der Waals surface area (Å²) in [5, 5.41) is 18.2. The van der Waals surface area contributed by atoms with Crippen LogP contribution in [0, 0.1) is 0 Å². The highest BCUT2D eigenvalue weighted by Crippen LogP contribution is 2.39. The number of benzene rings is 4. The lowest BCUT2D eigenvalue weighted by molar-refractivity contribution is -0.274. The minimum absolute atomic E-state index is 0.00612. The number of amides is 1. The van der Waals surface area contributed by atoms with Crippen molar-refractivity contribution < 1.29 is 37.3 Å². The molecule has 5 rings (SSSR count). The van der Waals surface area contributed by atoms with Crippen molar-refractivity contribution in [1.82, 2.24) is 15.1 Å². The molecule has 5 aromatic rings. The van der Waals surface area contributed by atoms with Crippen LogP contribution in [0.4, 0.5) is 13.2 Å². The summed E-state index contributed by atoms with van der Waals surface area (Å²) in [6.45, 7) is 1.87. The van der Waals surface area contributed by atoms with E-state index in [4.69, 9.17) is 26.5 Å². The van der Waals surface area contributed by atoms with Gasteiger partial charge in [-0.15, -0.1) is 13.2 Å². The van der Waals surface area contributed by atoms with E-state index in [-0.39, 0.29) is 29.2 Å². The van der Waals surface area contributed by atoms with Gasteiger partial charge in [-0.05, 0) is 77.9 Å². The van der Waals surface area contributed by atoms with Crippen molar-refractivity contribution in [3.05, 3.63) is 101 Å². The van der Waals surface area contributed by atoms with Crippen molar-refractivity contribution in [2.75, 3.05) is 13.7 Å². The lowest BCUT2D eigenvalue weighted by atomic mass is 10.0. The van der Waals surface area contributed by atoms with Crippen LogP contribution in [-0.4, -0.2) is 46.8 Å².